The fourth-order valence-corrected chi connectivity index (χ4v) is 2.79. The van der Waals surface area contributed by atoms with Crippen molar-refractivity contribution in [3.63, 3.8) is 0 Å². The summed E-state index contributed by atoms with van der Waals surface area (Å²) in [5, 5.41) is 3.38. The topological polar surface area (TPSA) is 58.2 Å². The molecule has 0 saturated heterocycles. The van der Waals surface area contributed by atoms with Gasteiger partial charge >= 0.3 is 0 Å². The van der Waals surface area contributed by atoms with Gasteiger partial charge in [0.15, 0.2) is 0 Å². The number of rotatable bonds is 8. The van der Waals surface area contributed by atoms with Crippen molar-refractivity contribution in [2.45, 2.75) is 52.5 Å². The molecule has 0 aromatic carbocycles. The molecule has 102 valence electrons. The van der Waals surface area contributed by atoms with Crippen molar-refractivity contribution in [2.24, 2.45) is 5.41 Å². The lowest BCUT2D eigenvalue weighted by Crippen LogP contribution is -2.34. The first kappa shape index (κ1) is 14.9. The van der Waals surface area contributed by atoms with Gasteiger partial charge in [0.1, 0.15) is 0 Å². The maximum atomic E-state index is 11.7. The largest absolute Gasteiger partial charge is 0.314 e. The monoisotopic (exact) mass is 262 g/mol. The van der Waals surface area contributed by atoms with Gasteiger partial charge in [0, 0.05) is 12.6 Å². The number of unbranched alkanes of at least 4 members (excludes halogenated alkanes) is 1. The van der Waals surface area contributed by atoms with Crippen LogP contribution in [0.25, 0.3) is 0 Å². The summed E-state index contributed by atoms with van der Waals surface area (Å²) in [6, 6.07) is 0.714. The van der Waals surface area contributed by atoms with Gasteiger partial charge in [-0.15, -0.1) is 0 Å². The van der Waals surface area contributed by atoms with Gasteiger partial charge in [-0.2, -0.15) is 0 Å². The molecule has 0 unspecified atom stereocenters. The molecule has 0 amide bonds. The van der Waals surface area contributed by atoms with Crippen molar-refractivity contribution in [2.75, 3.05) is 18.8 Å². The summed E-state index contributed by atoms with van der Waals surface area (Å²) in [6.07, 6.45) is 4.24. The average molecular weight is 262 g/mol. The SMILES string of the molecule is CC(C)(C)CNS(=O)(=O)CCCCNC1CC1. The predicted molar refractivity (Wildman–Crippen MR) is 71.5 cm³/mol. The Hall–Kier alpha value is -0.130. The normalized spacial score (nSPS) is 17.4. The lowest BCUT2D eigenvalue weighted by molar-refractivity contribution is 0.407. The molecule has 5 heteroatoms. The van der Waals surface area contributed by atoms with Crippen molar-refractivity contribution >= 4 is 10.0 Å². The first-order valence-electron chi connectivity index (χ1n) is 6.49. The van der Waals surface area contributed by atoms with Gasteiger partial charge in [-0.25, -0.2) is 13.1 Å². The molecule has 1 aliphatic carbocycles. The summed E-state index contributed by atoms with van der Waals surface area (Å²) in [5.74, 6) is 0.245. The van der Waals surface area contributed by atoms with Crippen LogP contribution in [0.3, 0.4) is 0 Å². The van der Waals surface area contributed by atoms with E-state index in [1.54, 1.807) is 0 Å². The van der Waals surface area contributed by atoms with Gasteiger partial charge in [0.05, 0.1) is 5.75 Å². The van der Waals surface area contributed by atoms with Crippen LogP contribution >= 0.6 is 0 Å². The van der Waals surface area contributed by atoms with Crippen molar-refractivity contribution in [3.05, 3.63) is 0 Å². The quantitative estimate of drug-likeness (QED) is 0.652. The molecule has 1 saturated carbocycles. The highest BCUT2D eigenvalue weighted by atomic mass is 32.2. The van der Waals surface area contributed by atoms with E-state index in [0.717, 1.165) is 19.4 Å². The standard InChI is InChI=1S/C12H26N2O2S/c1-12(2,3)10-14-17(15,16)9-5-4-8-13-11-6-7-11/h11,13-14H,4-10H2,1-3H3. The second-order valence-electron chi connectivity index (χ2n) is 6.14. The van der Waals surface area contributed by atoms with Gasteiger partial charge in [-0.3, -0.25) is 0 Å². The van der Waals surface area contributed by atoms with Crippen LogP contribution < -0.4 is 10.0 Å². The molecule has 0 bridgehead atoms. The Morgan fingerprint density at radius 1 is 1.18 bits per heavy atom. The zero-order valence-corrected chi connectivity index (χ0v) is 12.1. The molecule has 1 aliphatic rings. The van der Waals surface area contributed by atoms with Crippen LogP contribution in [-0.4, -0.2) is 33.3 Å². The minimum absolute atomic E-state index is 0.000594. The van der Waals surface area contributed by atoms with Gasteiger partial charge in [-0.1, -0.05) is 20.8 Å². The van der Waals surface area contributed by atoms with Crippen molar-refractivity contribution < 1.29 is 8.42 Å². The zero-order valence-electron chi connectivity index (χ0n) is 11.3. The van der Waals surface area contributed by atoms with Gasteiger partial charge in [0.2, 0.25) is 10.0 Å². The Labute approximate surface area is 106 Å². The highest BCUT2D eigenvalue weighted by Gasteiger charge is 2.20. The number of nitrogens with one attached hydrogen (secondary N) is 2. The van der Waals surface area contributed by atoms with Crippen molar-refractivity contribution in [1.29, 1.82) is 0 Å². The first-order chi connectivity index (χ1) is 7.79. The molecule has 0 aromatic heterocycles. The molecule has 0 radical (unpaired) electrons. The van der Waals surface area contributed by atoms with E-state index in [1.165, 1.54) is 12.8 Å². The van der Waals surface area contributed by atoms with Crippen LogP contribution in [0, 0.1) is 5.41 Å². The molecule has 0 aromatic rings. The molecule has 1 rings (SSSR count). The Morgan fingerprint density at radius 2 is 1.82 bits per heavy atom. The summed E-state index contributed by atoms with van der Waals surface area (Å²) < 4.78 is 26.0. The third-order valence-corrected chi connectivity index (χ3v) is 4.08. The Balaban J connectivity index is 2.06. The molecule has 4 nitrogen and oxygen atoms in total. The van der Waals surface area contributed by atoms with E-state index < -0.39 is 10.0 Å². The summed E-state index contributed by atoms with van der Waals surface area (Å²) in [4.78, 5) is 0. The number of hydrogen-bond donors (Lipinski definition) is 2. The third-order valence-electron chi connectivity index (χ3n) is 2.67. The highest BCUT2D eigenvalue weighted by Crippen LogP contribution is 2.18. The molecule has 0 atom stereocenters. The zero-order chi connectivity index (χ0) is 12.9. The Kier molecular flexibility index (Phi) is 5.41. The van der Waals surface area contributed by atoms with Crippen LogP contribution in [0.15, 0.2) is 0 Å². The van der Waals surface area contributed by atoms with Crippen molar-refractivity contribution in [3.8, 4) is 0 Å². The fourth-order valence-electron chi connectivity index (χ4n) is 1.41. The van der Waals surface area contributed by atoms with Crippen LogP contribution in [0.5, 0.6) is 0 Å². The summed E-state index contributed by atoms with van der Waals surface area (Å²) in [5.41, 5.74) is 0.000594. The van der Waals surface area contributed by atoms with E-state index in [-0.39, 0.29) is 11.2 Å². The smallest absolute Gasteiger partial charge is 0.211 e. The van der Waals surface area contributed by atoms with Gasteiger partial charge < -0.3 is 5.32 Å². The lowest BCUT2D eigenvalue weighted by Gasteiger charge is -2.18. The minimum atomic E-state index is -3.08. The number of sulfonamides is 1. The van der Waals surface area contributed by atoms with Gasteiger partial charge in [-0.05, 0) is 37.6 Å². The maximum Gasteiger partial charge on any atom is 0.211 e. The Bertz CT molecular complexity index is 316. The van der Waals surface area contributed by atoms with E-state index in [2.05, 4.69) is 10.0 Å². The fraction of sp³-hybridized carbons (Fsp3) is 1.00. The average Bonchev–Trinajstić information content (AvgIpc) is 2.97. The van der Waals surface area contributed by atoms with Gasteiger partial charge in [0.25, 0.3) is 0 Å². The maximum absolute atomic E-state index is 11.7. The number of hydrogen-bond acceptors (Lipinski definition) is 3. The molecule has 1 fully saturated rings. The highest BCUT2D eigenvalue weighted by molar-refractivity contribution is 7.89. The Morgan fingerprint density at radius 3 is 2.35 bits per heavy atom. The second kappa shape index (κ2) is 6.16. The molecule has 0 aliphatic heterocycles. The van der Waals surface area contributed by atoms with Crippen LogP contribution in [0.1, 0.15) is 46.5 Å². The van der Waals surface area contributed by atoms with Crippen LogP contribution in [-0.2, 0) is 10.0 Å². The van der Waals surface area contributed by atoms with E-state index in [9.17, 15) is 8.42 Å². The van der Waals surface area contributed by atoms with Crippen LogP contribution in [0.4, 0.5) is 0 Å². The molecule has 17 heavy (non-hydrogen) atoms. The predicted octanol–water partition coefficient (Wildman–Crippen LogP) is 1.48. The van der Waals surface area contributed by atoms with E-state index in [1.807, 2.05) is 20.8 Å². The summed E-state index contributed by atoms with van der Waals surface area (Å²) in [7, 11) is -3.08. The lowest BCUT2D eigenvalue weighted by atomic mass is 9.98. The molecule has 0 spiro atoms. The summed E-state index contributed by atoms with van der Waals surface area (Å²) >= 11 is 0. The first-order valence-corrected chi connectivity index (χ1v) is 8.14. The summed E-state index contributed by atoms with van der Waals surface area (Å²) in [6.45, 7) is 7.52. The molecule has 2 N–H and O–H groups in total. The van der Waals surface area contributed by atoms with E-state index >= 15 is 0 Å². The van der Waals surface area contributed by atoms with E-state index in [0.29, 0.717) is 12.6 Å². The molecular formula is C12H26N2O2S. The molecule has 0 heterocycles. The second-order valence-corrected chi connectivity index (χ2v) is 8.06. The van der Waals surface area contributed by atoms with Crippen molar-refractivity contribution in [1.82, 2.24) is 10.0 Å². The minimum Gasteiger partial charge on any atom is -0.314 e. The third kappa shape index (κ3) is 8.57. The van der Waals surface area contributed by atoms with Crippen LogP contribution in [0.2, 0.25) is 0 Å². The molecular weight excluding hydrogens is 236 g/mol. The van der Waals surface area contributed by atoms with E-state index in [4.69, 9.17) is 0 Å².